The van der Waals surface area contributed by atoms with Crippen molar-refractivity contribution < 1.29 is 19.4 Å². The molecule has 1 unspecified atom stereocenters. The molecule has 2 aliphatic rings. The summed E-state index contributed by atoms with van der Waals surface area (Å²) in [5, 5.41) is 11.3. The first-order valence-electron chi connectivity index (χ1n) is 11.1. The number of hydrogen-bond acceptors (Lipinski definition) is 4. The van der Waals surface area contributed by atoms with E-state index < -0.39 is 17.7 Å². The first-order valence-corrected chi connectivity index (χ1v) is 11.1. The minimum atomic E-state index is -0.722. The quantitative estimate of drug-likeness (QED) is 0.344. The van der Waals surface area contributed by atoms with Gasteiger partial charge in [0.25, 0.3) is 11.7 Å². The van der Waals surface area contributed by atoms with Crippen molar-refractivity contribution in [1.82, 2.24) is 0 Å². The SMILES string of the molecule is Cc1ccc(N2C(=O)C(=O)/C(=C(\O)c3ccc4c(c3)CCCO4)C2c2ccccc2)cc1C. The third-order valence-electron chi connectivity index (χ3n) is 6.51. The maximum atomic E-state index is 13.3. The van der Waals surface area contributed by atoms with E-state index in [0.29, 0.717) is 17.9 Å². The molecule has 33 heavy (non-hydrogen) atoms. The highest BCUT2D eigenvalue weighted by Gasteiger charge is 2.47. The summed E-state index contributed by atoms with van der Waals surface area (Å²) in [5.41, 5.74) is 5.12. The van der Waals surface area contributed by atoms with Gasteiger partial charge in [-0.2, -0.15) is 0 Å². The van der Waals surface area contributed by atoms with E-state index in [0.717, 1.165) is 40.8 Å². The lowest BCUT2D eigenvalue weighted by molar-refractivity contribution is -0.132. The van der Waals surface area contributed by atoms with Gasteiger partial charge in [0.05, 0.1) is 18.2 Å². The first kappa shape index (κ1) is 21.0. The lowest BCUT2D eigenvalue weighted by Crippen LogP contribution is -2.29. The van der Waals surface area contributed by atoms with Gasteiger partial charge in [-0.3, -0.25) is 14.5 Å². The molecule has 5 nitrogen and oxygen atoms in total. The highest BCUT2D eigenvalue weighted by molar-refractivity contribution is 6.51. The molecule has 0 radical (unpaired) electrons. The zero-order valence-corrected chi connectivity index (χ0v) is 18.7. The Morgan fingerprint density at radius 3 is 2.52 bits per heavy atom. The molecule has 1 amide bonds. The van der Waals surface area contributed by atoms with Crippen LogP contribution in [0.1, 0.15) is 40.3 Å². The van der Waals surface area contributed by atoms with Gasteiger partial charge in [-0.25, -0.2) is 0 Å². The van der Waals surface area contributed by atoms with Crippen molar-refractivity contribution in [3.8, 4) is 5.75 Å². The van der Waals surface area contributed by atoms with E-state index in [4.69, 9.17) is 4.74 Å². The molecular weight excluding hydrogens is 414 g/mol. The van der Waals surface area contributed by atoms with Gasteiger partial charge in [-0.05, 0) is 79.3 Å². The monoisotopic (exact) mass is 439 g/mol. The zero-order valence-electron chi connectivity index (χ0n) is 18.7. The third-order valence-corrected chi connectivity index (χ3v) is 6.51. The molecule has 0 bridgehead atoms. The van der Waals surface area contributed by atoms with Crippen LogP contribution in [0.4, 0.5) is 5.69 Å². The molecule has 0 spiro atoms. The van der Waals surface area contributed by atoms with Crippen LogP contribution in [0, 0.1) is 13.8 Å². The van der Waals surface area contributed by atoms with Gasteiger partial charge in [-0.15, -0.1) is 0 Å². The van der Waals surface area contributed by atoms with E-state index in [1.165, 1.54) is 4.90 Å². The highest BCUT2D eigenvalue weighted by atomic mass is 16.5. The molecule has 5 rings (SSSR count). The Morgan fingerprint density at radius 1 is 0.970 bits per heavy atom. The molecule has 1 atom stereocenters. The average Bonchev–Trinajstić information content (AvgIpc) is 3.11. The van der Waals surface area contributed by atoms with Crippen molar-refractivity contribution in [3.05, 3.63) is 100 Å². The molecular formula is C28H25NO4. The van der Waals surface area contributed by atoms with Gasteiger partial charge in [0.2, 0.25) is 0 Å². The van der Waals surface area contributed by atoms with Crippen LogP contribution in [0.15, 0.2) is 72.3 Å². The largest absolute Gasteiger partial charge is 0.507 e. The molecule has 0 saturated carbocycles. The minimum absolute atomic E-state index is 0.0982. The second-order valence-corrected chi connectivity index (χ2v) is 8.62. The van der Waals surface area contributed by atoms with E-state index in [9.17, 15) is 14.7 Å². The summed E-state index contributed by atoms with van der Waals surface area (Å²) in [6, 6.07) is 19.8. The van der Waals surface area contributed by atoms with Crippen molar-refractivity contribution in [2.45, 2.75) is 32.7 Å². The Balaban J connectivity index is 1.69. The number of carbonyl (C=O) groups excluding carboxylic acids is 2. The number of anilines is 1. The van der Waals surface area contributed by atoms with Gasteiger partial charge in [0, 0.05) is 11.3 Å². The van der Waals surface area contributed by atoms with Crippen molar-refractivity contribution in [1.29, 1.82) is 0 Å². The summed E-state index contributed by atoms with van der Waals surface area (Å²) in [6.45, 7) is 4.65. The molecule has 1 N–H and O–H groups in total. The number of rotatable bonds is 3. The number of aliphatic hydroxyl groups is 1. The van der Waals surface area contributed by atoms with Crippen LogP contribution in [0.25, 0.3) is 5.76 Å². The number of nitrogens with zero attached hydrogens (tertiary/aromatic N) is 1. The average molecular weight is 440 g/mol. The van der Waals surface area contributed by atoms with Gasteiger partial charge in [0.15, 0.2) is 0 Å². The van der Waals surface area contributed by atoms with Gasteiger partial charge < -0.3 is 9.84 Å². The number of amides is 1. The van der Waals surface area contributed by atoms with E-state index in [-0.39, 0.29) is 11.3 Å². The Hall–Kier alpha value is -3.86. The number of aliphatic hydroxyl groups excluding tert-OH is 1. The maximum absolute atomic E-state index is 13.3. The summed E-state index contributed by atoms with van der Waals surface area (Å²) in [4.78, 5) is 28.1. The van der Waals surface area contributed by atoms with Crippen molar-refractivity contribution in [3.63, 3.8) is 0 Å². The fraction of sp³-hybridized carbons (Fsp3) is 0.214. The van der Waals surface area contributed by atoms with E-state index in [2.05, 4.69) is 0 Å². The first-order chi connectivity index (χ1) is 16.0. The summed E-state index contributed by atoms with van der Waals surface area (Å²) >= 11 is 0. The molecule has 5 heteroatoms. The fourth-order valence-corrected chi connectivity index (χ4v) is 4.59. The van der Waals surface area contributed by atoms with E-state index in [1.807, 2.05) is 74.5 Å². The Bertz CT molecular complexity index is 1290. The fourth-order valence-electron chi connectivity index (χ4n) is 4.59. The third kappa shape index (κ3) is 3.59. The van der Waals surface area contributed by atoms with Crippen molar-refractivity contribution in [2.24, 2.45) is 0 Å². The topological polar surface area (TPSA) is 66.8 Å². The number of benzene rings is 3. The summed E-state index contributed by atoms with van der Waals surface area (Å²) in [7, 11) is 0. The standard InChI is InChI=1S/C28H25NO4/c1-17-10-12-22(15-18(17)2)29-25(19-7-4-3-5-8-19)24(27(31)28(29)32)26(30)21-11-13-23-20(16-21)9-6-14-33-23/h3-5,7-8,10-13,15-16,25,30H,6,9,14H2,1-2H3/b26-24-. The number of aryl methyl sites for hydroxylation is 3. The number of fused-ring (bicyclic) bond motifs is 1. The molecule has 1 fully saturated rings. The number of Topliss-reactive ketones (excluding diaryl/α,β-unsaturated/α-hetero) is 1. The minimum Gasteiger partial charge on any atom is -0.507 e. The van der Waals surface area contributed by atoms with E-state index >= 15 is 0 Å². The van der Waals surface area contributed by atoms with Crippen LogP contribution in [-0.4, -0.2) is 23.4 Å². The summed E-state index contributed by atoms with van der Waals surface area (Å²) < 4.78 is 5.68. The lowest BCUT2D eigenvalue weighted by Gasteiger charge is -2.26. The molecule has 166 valence electrons. The summed E-state index contributed by atoms with van der Waals surface area (Å²) in [6.07, 6.45) is 1.74. The number of hydrogen-bond donors (Lipinski definition) is 1. The Labute approximate surface area is 192 Å². The van der Waals surface area contributed by atoms with Crippen LogP contribution in [0.3, 0.4) is 0 Å². The van der Waals surface area contributed by atoms with Crippen molar-refractivity contribution >= 4 is 23.1 Å². The number of carbonyl (C=O) groups is 2. The molecule has 2 aliphatic heterocycles. The molecule has 3 aromatic carbocycles. The molecule has 2 heterocycles. The number of ether oxygens (including phenoxy) is 1. The summed E-state index contributed by atoms with van der Waals surface area (Å²) in [5.74, 6) is -0.696. The van der Waals surface area contributed by atoms with Gasteiger partial charge >= 0.3 is 0 Å². The lowest BCUT2D eigenvalue weighted by atomic mass is 9.94. The molecule has 0 aromatic heterocycles. The van der Waals surface area contributed by atoms with Crippen LogP contribution < -0.4 is 9.64 Å². The van der Waals surface area contributed by atoms with E-state index in [1.54, 1.807) is 6.07 Å². The second kappa shape index (κ2) is 8.24. The van der Waals surface area contributed by atoms with Crippen LogP contribution in [-0.2, 0) is 16.0 Å². The number of ketones is 1. The zero-order chi connectivity index (χ0) is 23.1. The maximum Gasteiger partial charge on any atom is 0.300 e. The van der Waals surface area contributed by atoms with Crippen molar-refractivity contribution in [2.75, 3.05) is 11.5 Å². The van der Waals surface area contributed by atoms with Gasteiger partial charge in [-0.1, -0.05) is 36.4 Å². The molecule has 3 aromatic rings. The second-order valence-electron chi connectivity index (χ2n) is 8.62. The predicted octanol–water partition coefficient (Wildman–Crippen LogP) is 5.25. The van der Waals surface area contributed by atoms with Crippen LogP contribution in [0.2, 0.25) is 0 Å². The Kier molecular flexibility index (Phi) is 5.25. The molecule has 1 saturated heterocycles. The smallest absolute Gasteiger partial charge is 0.300 e. The van der Waals surface area contributed by atoms with Gasteiger partial charge in [0.1, 0.15) is 11.5 Å². The normalized spacial score (nSPS) is 19.3. The van der Waals surface area contributed by atoms with Crippen LogP contribution >= 0.6 is 0 Å². The predicted molar refractivity (Wildman–Crippen MR) is 127 cm³/mol. The highest BCUT2D eigenvalue weighted by Crippen LogP contribution is 2.43. The molecule has 0 aliphatic carbocycles. The van der Waals surface area contributed by atoms with Crippen LogP contribution in [0.5, 0.6) is 5.75 Å². The Morgan fingerprint density at radius 2 is 1.76 bits per heavy atom.